The molecule has 1 aromatic rings. The fraction of sp³-hybridized carbons (Fsp3) is 0.643. The average Bonchev–Trinajstić information content (AvgIpc) is 2.94. The van der Waals surface area contributed by atoms with E-state index in [2.05, 4.69) is 10.4 Å². The number of hydrogen-bond donors (Lipinski definition) is 1. The van der Waals surface area contributed by atoms with Crippen molar-refractivity contribution in [2.45, 2.75) is 45.3 Å². The van der Waals surface area contributed by atoms with Gasteiger partial charge in [0, 0.05) is 13.3 Å². The molecule has 2 rings (SSSR count). The Hall–Kier alpha value is -1.89. The van der Waals surface area contributed by atoms with Crippen molar-refractivity contribution in [3.63, 3.8) is 0 Å². The Morgan fingerprint density at radius 3 is 2.71 bits per heavy atom. The molecule has 2 atom stereocenters. The van der Waals surface area contributed by atoms with Crippen LogP contribution in [0.5, 0.6) is 0 Å². The first-order valence-electron chi connectivity index (χ1n) is 7.27. The fourth-order valence-electron chi connectivity index (χ4n) is 2.50. The van der Waals surface area contributed by atoms with Gasteiger partial charge in [0.15, 0.2) is 0 Å². The third-order valence-corrected chi connectivity index (χ3v) is 3.68. The molecule has 2 unspecified atom stereocenters. The van der Waals surface area contributed by atoms with Gasteiger partial charge < -0.3 is 10.1 Å². The highest BCUT2D eigenvalue weighted by Crippen LogP contribution is 2.23. The van der Waals surface area contributed by atoms with Crippen LogP contribution in [0.25, 0.3) is 0 Å². The Kier molecular flexibility index (Phi) is 4.95. The molecular formula is C14H22N4O3. The minimum Gasteiger partial charge on any atom is -0.383 e. The summed E-state index contributed by atoms with van der Waals surface area (Å²) in [6.45, 7) is 4.94. The lowest BCUT2D eigenvalue weighted by molar-refractivity contribution is -0.134. The van der Waals surface area contributed by atoms with Crippen molar-refractivity contribution >= 4 is 17.5 Å². The molecule has 0 aromatic carbocycles. The number of anilines is 1. The van der Waals surface area contributed by atoms with Gasteiger partial charge in [-0.2, -0.15) is 5.10 Å². The van der Waals surface area contributed by atoms with Gasteiger partial charge in [-0.25, -0.2) is 0 Å². The van der Waals surface area contributed by atoms with Gasteiger partial charge in [0.05, 0.1) is 25.0 Å². The van der Waals surface area contributed by atoms with Gasteiger partial charge in [-0.3, -0.25) is 19.2 Å². The molecule has 0 bridgehead atoms. The predicted octanol–water partition coefficient (Wildman–Crippen LogP) is 0.549. The van der Waals surface area contributed by atoms with Crippen LogP contribution in [-0.4, -0.2) is 47.4 Å². The number of piperazine rings is 1. The third kappa shape index (κ3) is 3.07. The van der Waals surface area contributed by atoms with Crippen LogP contribution in [0, 0.1) is 0 Å². The summed E-state index contributed by atoms with van der Waals surface area (Å²) in [6, 6.07) is -0.928. The van der Waals surface area contributed by atoms with E-state index in [9.17, 15) is 9.59 Å². The first kappa shape index (κ1) is 15.5. The zero-order valence-corrected chi connectivity index (χ0v) is 12.7. The summed E-state index contributed by atoms with van der Waals surface area (Å²) >= 11 is 0. The van der Waals surface area contributed by atoms with Gasteiger partial charge in [0.25, 0.3) is 0 Å². The van der Waals surface area contributed by atoms with E-state index in [0.717, 1.165) is 0 Å². The van der Waals surface area contributed by atoms with Crippen LogP contribution in [0.4, 0.5) is 5.69 Å². The number of carbonyl (C=O) groups is 2. The molecule has 116 valence electrons. The van der Waals surface area contributed by atoms with Crippen molar-refractivity contribution in [2.24, 2.45) is 0 Å². The van der Waals surface area contributed by atoms with Gasteiger partial charge in [-0.1, -0.05) is 13.8 Å². The van der Waals surface area contributed by atoms with Crippen LogP contribution >= 0.6 is 0 Å². The first-order chi connectivity index (χ1) is 10.1. The molecule has 2 heterocycles. The molecule has 1 aromatic heterocycles. The monoisotopic (exact) mass is 294 g/mol. The summed E-state index contributed by atoms with van der Waals surface area (Å²) in [6.07, 6.45) is 4.55. The summed E-state index contributed by atoms with van der Waals surface area (Å²) in [5, 5.41) is 7.00. The molecule has 7 heteroatoms. The molecule has 1 N–H and O–H groups in total. The van der Waals surface area contributed by atoms with Crippen LogP contribution in [0.3, 0.4) is 0 Å². The van der Waals surface area contributed by atoms with Crippen LogP contribution in [0.15, 0.2) is 12.4 Å². The lowest BCUT2D eigenvalue weighted by Gasteiger charge is -2.37. The number of aromatic nitrogens is 2. The molecule has 21 heavy (non-hydrogen) atoms. The minimum atomic E-state index is -0.472. The van der Waals surface area contributed by atoms with Crippen molar-refractivity contribution in [3.05, 3.63) is 12.4 Å². The Balaban J connectivity index is 2.26. The number of hydrogen-bond acceptors (Lipinski definition) is 4. The summed E-state index contributed by atoms with van der Waals surface area (Å²) < 4.78 is 6.72. The van der Waals surface area contributed by atoms with Crippen LogP contribution in [0.2, 0.25) is 0 Å². The summed E-state index contributed by atoms with van der Waals surface area (Å²) in [5.74, 6) is -0.177. The van der Waals surface area contributed by atoms with Crippen LogP contribution in [0.1, 0.15) is 26.7 Å². The molecule has 2 amide bonds. The summed E-state index contributed by atoms with van der Waals surface area (Å²) in [4.78, 5) is 26.3. The Morgan fingerprint density at radius 1 is 1.33 bits per heavy atom. The number of amides is 2. The Bertz CT molecular complexity index is 514. The van der Waals surface area contributed by atoms with Crippen molar-refractivity contribution in [3.8, 4) is 0 Å². The smallest absolute Gasteiger partial charge is 0.250 e. The molecule has 0 radical (unpaired) electrons. The number of rotatable bonds is 6. The van der Waals surface area contributed by atoms with E-state index in [1.807, 2.05) is 13.8 Å². The average molecular weight is 294 g/mol. The van der Waals surface area contributed by atoms with E-state index in [0.29, 0.717) is 31.7 Å². The summed E-state index contributed by atoms with van der Waals surface area (Å²) in [7, 11) is 1.63. The van der Waals surface area contributed by atoms with Crippen molar-refractivity contribution in [1.29, 1.82) is 0 Å². The fourth-order valence-corrected chi connectivity index (χ4v) is 2.50. The van der Waals surface area contributed by atoms with Crippen molar-refractivity contribution in [2.75, 3.05) is 18.6 Å². The van der Waals surface area contributed by atoms with E-state index in [-0.39, 0.29) is 11.8 Å². The largest absolute Gasteiger partial charge is 0.383 e. The maximum Gasteiger partial charge on any atom is 0.250 e. The zero-order valence-electron chi connectivity index (χ0n) is 12.7. The molecule has 1 aliphatic heterocycles. The quantitative estimate of drug-likeness (QED) is 0.831. The van der Waals surface area contributed by atoms with E-state index in [4.69, 9.17) is 4.74 Å². The molecule has 0 saturated carbocycles. The number of carbonyl (C=O) groups excluding carboxylic acids is 2. The Morgan fingerprint density at radius 2 is 2.10 bits per heavy atom. The molecule has 1 fully saturated rings. The molecular weight excluding hydrogens is 272 g/mol. The van der Waals surface area contributed by atoms with Crippen LogP contribution in [-0.2, 0) is 20.9 Å². The van der Waals surface area contributed by atoms with Gasteiger partial charge in [-0.15, -0.1) is 0 Å². The molecule has 7 nitrogen and oxygen atoms in total. The first-order valence-corrected chi connectivity index (χ1v) is 7.27. The maximum atomic E-state index is 12.5. The number of nitrogens with one attached hydrogen (secondary N) is 1. The molecule has 1 saturated heterocycles. The number of methoxy groups -OCH3 is 1. The van der Waals surface area contributed by atoms with Gasteiger partial charge >= 0.3 is 0 Å². The second kappa shape index (κ2) is 6.71. The standard InChI is InChI=1S/C14H22N4O3/c1-4-11-14(20)18(12(5-2)13(19)16-11)10-8-15-17(9-10)6-7-21-3/h8-9,11-12H,4-7H2,1-3H3,(H,16,19). The SMILES string of the molecule is CCC1NC(=O)C(CC)N(c2cnn(CCOC)c2)C1=O. The highest BCUT2D eigenvalue weighted by Gasteiger charge is 2.40. The van der Waals surface area contributed by atoms with Gasteiger partial charge in [-0.05, 0) is 12.8 Å². The highest BCUT2D eigenvalue weighted by molar-refractivity contribution is 6.08. The van der Waals surface area contributed by atoms with Gasteiger partial charge in [0.2, 0.25) is 11.8 Å². The van der Waals surface area contributed by atoms with E-state index in [1.165, 1.54) is 0 Å². The normalized spacial score (nSPS) is 22.5. The lowest BCUT2D eigenvalue weighted by atomic mass is 10.0. The van der Waals surface area contributed by atoms with E-state index in [1.54, 1.807) is 29.1 Å². The molecule has 0 aliphatic carbocycles. The Labute approximate surface area is 124 Å². The minimum absolute atomic E-state index is 0.0739. The van der Waals surface area contributed by atoms with Crippen molar-refractivity contribution < 1.29 is 14.3 Å². The zero-order chi connectivity index (χ0) is 15.4. The maximum absolute atomic E-state index is 12.5. The third-order valence-electron chi connectivity index (χ3n) is 3.68. The molecule has 0 spiro atoms. The predicted molar refractivity (Wildman–Crippen MR) is 77.9 cm³/mol. The topological polar surface area (TPSA) is 76.5 Å². The number of ether oxygens (including phenoxy) is 1. The molecule has 1 aliphatic rings. The second-order valence-corrected chi connectivity index (χ2v) is 5.06. The summed E-state index contributed by atoms with van der Waals surface area (Å²) in [5.41, 5.74) is 0.663. The number of nitrogens with zero attached hydrogens (tertiary/aromatic N) is 3. The van der Waals surface area contributed by atoms with E-state index >= 15 is 0 Å². The van der Waals surface area contributed by atoms with Crippen LogP contribution < -0.4 is 10.2 Å². The van der Waals surface area contributed by atoms with E-state index < -0.39 is 12.1 Å². The lowest BCUT2D eigenvalue weighted by Crippen LogP contribution is -2.63. The van der Waals surface area contributed by atoms with Gasteiger partial charge in [0.1, 0.15) is 12.1 Å². The highest BCUT2D eigenvalue weighted by atomic mass is 16.5. The second-order valence-electron chi connectivity index (χ2n) is 5.06. The van der Waals surface area contributed by atoms with Crippen molar-refractivity contribution in [1.82, 2.24) is 15.1 Å².